The van der Waals surface area contributed by atoms with Crippen LogP contribution in [0.4, 0.5) is 0 Å². The maximum atomic E-state index is 12.2. The van der Waals surface area contributed by atoms with Crippen molar-refractivity contribution in [3.05, 3.63) is 0 Å². The van der Waals surface area contributed by atoms with Gasteiger partial charge in [0.2, 0.25) is 0 Å². The molecule has 0 aromatic heterocycles. The molecular weight excluding hydrogens is 636 g/mol. The molecule has 0 aliphatic heterocycles. The molecule has 0 aliphatic rings. The summed E-state index contributed by atoms with van der Waals surface area (Å²) in [4.78, 5) is 24.4. The number of hydrogen-bond donors (Lipinski definition) is 0. The molecule has 0 N–H and O–H groups in total. The highest BCUT2D eigenvalue weighted by Crippen LogP contribution is 2.16. The van der Waals surface area contributed by atoms with E-state index in [1.807, 2.05) is 20.8 Å². The number of hydrogen-bond acceptors (Lipinski definition) is 6. The van der Waals surface area contributed by atoms with Crippen molar-refractivity contribution in [3.8, 4) is 0 Å². The van der Waals surface area contributed by atoms with Gasteiger partial charge in [0.25, 0.3) is 0 Å². The van der Waals surface area contributed by atoms with Crippen molar-refractivity contribution in [2.24, 2.45) is 0 Å². The lowest BCUT2D eigenvalue weighted by atomic mass is 10.0. The molecule has 0 aromatic rings. The van der Waals surface area contributed by atoms with E-state index in [0.717, 1.165) is 25.7 Å². The molecule has 0 saturated carbocycles. The molecule has 0 saturated heterocycles. The monoisotopic (exact) mass is 725 g/mol. The van der Waals surface area contributed by atoms with Crippen LogP contribution in [0, 0.1) is 0 Å². The smallest absolute Gasteiger partial charge is 0.306 e. The largest absolute Gasteiger partial charge is 0.463 e. The molecule has 0 fully saturated rings. The van der Waals surface area contributed by atoms with Crippen molar-refractivity contribution in [2.75, 3.05) is 19.8 Å². The topological polar surface area (TPSA) is 71.1 Å². The molecule has 0 bridgehead atoms. The minimum atomic E-state index is -0.283. The fraction of sp³-hybridized carbons (Fsp3) is 0.956. The summed E-state index contributed by atoms with van der Waals surface area (Å²) in [6, 6.07) is 0. The van der Waals surface area contributed by atoms with Gasteiger partial charge < -0.3 is 18.9 Å². The van der Waals surface area contributed by atoms with Gasteiger partial charge in [-0.1, -0.05) is 194 Å². The lowest BCUT2D eigenvalue weighted by molar-refractivity contribution is -0.154. The standard InChI is InChI=1S/C45H88O6/c1-6-8-10-12-14-16-18-20-22-24-26-28-30-32-34-36-44(46)50-39-42(4)48-38-41(3)49-40-43(5)51-45(47)37-35-33-31-29-27-25-23-21-19-17-15-13-11-9-7-2/h41-43H,6-40H2,1-5H3. The summed E-state index contributed by atoms with van der Waals surface area (Å²) < 4.78 is 22.6. The second-order valence-corrected chi connectivity index (χ2v) is 15.7. The minimum Gasteiger partial charge on any atom is -0.463 e. The van der Waals surface area contributed by atoms with Crippen molar-refractivity contribution in [2.45, 2.75) is 258 Å². The minimum absolute atomic E-state index is 0.135. The number of ether oxygens (including phenoxy) is 4. The molecule has 0 aromatic carbocycles. The van der Waals surface area contributed by atoms with Crippen molar-refractivity contribution in [1.29, 1.82) is 0 Å². The fourth-order valence-corrected chi connectivity index (χ4v) is 6.58. The Morgan fingerprint density at radius 1 is 0.353 bits per heavy atom. The maximum absolute atomic E-state index is 12.2. The lowest BCUT2D eigenvalue weighted by Crippen LogP contribution is -2.28. The summed E-state index contributed by atoms with van der Waals surface area (Å²) in [7, 11) is 0. The number of carbonyl (C=O) groups is 2. The van der Waals surface area contributed by atoms with E-state index in [0.29, 0.717) is 26.1 Å². The van der Waals surface area contributed by atoms with Gasteiger partial charge in [-0.25, -0.2) is 0 Å². The zero-order valence-corrected chi connectivity index (χ0v) is 34.9. The van der Waals surface area contributed by atoms with Gasteiger partial charge >= 0.3 is 11.9 Å². The first-order valence-corrected chi connectivity index (χ1v) is 22.5. The van der Waals surface area contributed by atoms with Crippen molar-refractivity contribution in [3.63, 3.8) is 0 Å². The first kappa shape index (κ1) is 49.9. The highest BCUT2D eigenvalue weighted by molar-refractivity contribution is 5.69. The van der Waals surface area contributed by atoms with Crippen LogP contribution in [-0.4, -0.2) is 50.1 Å². The van der Waals surface area contributed by atoms with Gasteiger partial charge in [0.1, 0.15) is 12.7 Å². The summed E-state index contributed by atoms with van der Waals surface area (Å²) in [6.07, 6.45) is 39.8. The van der Waals surface area contributed by atoms with Gasteiger partial charge in [0, 0.05) is 12.8 Å². The summed E-state index contributed by atoms with van der Waals surface area (Å²) >= 11 is 0. The molecule has 304 valence electrons. The van der Waals surface area contributed by atoms with Crippen LogP contribution >= 0.6 is 0 Å². The predicted octanol–water partition coefficient (Wildman–Crippen LogP) is 13.8. The van der Waals surface area contributed by atoms with E-state index in [1.165, 1.54) is 167 Å². The van der Waals surface area contributed by atoms with E-state index >= 15 is 0 Å². The predicted molar refractivity (Wildman–Crippen MR) is 216 cm³/mol. The summed E-state index contributed by atoms with van der Waals surface area (Å²) in [5, 5.41) is 0. The highest BCUT2D eigenvalue weighted by atomic mass is 16.6. The molecule has 3 unspecified atom stereocenters. The molecule has 3 atom stereocenters. The highest BCUT2D eigenvalue weighted by Gasteiger charge is 2.14. The molecule has 6 nitrogen and oxygen atoms in total. The third kappa shape index (κ3) is 39.9. The van der Waals surface area contributed by atoms with Crippen LogP contribution in [0.3, 0.4) is 0 Å². The molecule has 0 heterocycles. The second kappa shape index (κ2) is 40.1. The maximum Gasteiger partial charge on any atom is 0.306 e. The third-order valence-corrected chi connectivity index (χ3v) is 10.0. The Morgan fingerprint density at radius 2 is 0.627 bits per heavy atom. The van der Waals surface area contributed by atoms with Gasteiger partial charge in [-0.05, 0) is 33.6 Å². The van der Waals surface area contributed by atoms with Crippen LogP contribution < -0.4 is 0 Å². The number of rotatable bonds is 41. The Balaban J connectivity index is 3.55. The quantitative estimate of drug-likeness (QED) is 0.0462. The number of unbranched alkanes of at least 4 members (excludes halogenated alkanes) is 28. The molecule has 0 rings (SSSR count). The van der Waals surface area contributed by atoms with Crippen LogP contribution in [0.2, 0.25) is 0 Å². The average Bonchev–Trinajstić information content (AvgIpc) is 3.12. The summed E-state index contributed by atoms with van der Waals surface area (Å²) in [5.41, 5.74) is 0. The van der Waals surface area contributed by atoms with Gasteiger partial charge in [-0.3, -0.25) is 9.59 Å². The lowest BCUT2D eigenvalue weighted by Gasteiger charge is -2.20. The van der Waals surface area contributed by atoms with Crippen LogP contribution in [0.15, 0.2) is 0 Å². The fourth-order valence-electron chi connectivity index (χ4n) is 6.58. The first-order valence-electron chi connectivity index (χ1n) is 22.5. The Bertz CT molecular complexity index is 727. The van der Waals surface area contributed by atoms with E-state index in [1.54, 1.807) is 0 Å². The van der Waals surface area contributed by atoms with Gasteiger partial charge in [0.15, 0.2) is 0 Å². The van der Waals surface area contributed by atoms with E-state index in [4.69, 9.17) is 18.9 Å². The zero-order chi connectivity index (χ0) is 37.5. The van der Waals surface area contributed by atoms with Crippen LogP contribution in [-0.2, 0) is 28.5 Å². The SMILES string of the molecule is CCCCCCCCCCCCCCCCCC(=O)OCC(C)OCC(C)OCC(C)OC(=O)CCCCCCCCCCCCCCCCC. The Morgan fingerprint density at radius 3 is 0.980 bits per heavy atom. The van der Waals surface area contributed by atoms with Gasteiger partial charge in [-0.15, -0.1) is 0 Å². The third-order valence-electron chi connectivity index (χ3n) is 10.0. The molecule has 0 radical (unpaired) electrons. The van der Waals surface area contributed by atoms with Gasteiger partial charge in [-0.2, -0.15) is 0 Å². The van der Waals surface area contributed by atoms with E-state index in [2.05, 4.69) is 13.8 Å². The van der Waals surface area contributed by atoms with Crippen LogP contribution in [0.5, 0.6) is 0 Å². The molecular formula is C45H88O6. The van der Waals surface area contributed by atoms with Crippen LogP contribution in [0.25, 0.3) is 0 Å². The first-order chi connectivity index (χ1) is 24.9. The summed E-state index contributed by atoms with van der Waals surface area (Å²) in [5.74, 6) is -0.270. The molecule has 6 heteroatoms. The van der Waals surface area contributed by atoms with Gasteiger partial charge in [0.05, 0.1) is 25.4 Å². The Hall–Kier alpha value is -1.14. The van der Waals surface area contributed by atoms with Crippen LogP contribution in [0.1, 0.15) is 240 Å². The number of esters is 2. The average molecular weight is 725 g/mol. The van der Waals surface area contributed by atoms with Crippen molar-refractivity contribution in [1.82, 2.24) is 0 Å². The second-order valence-electron chi connectivity index (χ2n) is 15.7. The molecule has 0 spiro atoms. The Labute approximate surface area is 318 Å². The van der Waals surface area contributed by atoms with E-state index in [9.17, 15) is 9.59 Å². The molecule has 0 amide bonds. The summed E-state index contributed by atoms with van der Waals surface area (Å²) in [6.45, 7) is 11.3. The molecule has 51 heavy (non-hydrogen) atoms. The number of carbonyl (C=O) groups excluding carboxylic acids is 2. The van der Waals surface area contributed by atoms with Crippen molar-refractivity contribution < 1.29 is 28.5 Å². The zero-order valence-electron chi connectivity index (χ0n) is 34.9. The van der Waals surface area contributed by atoms with Crippen molar-refractivity contribution >= 4 is 11.9 Å². The van der Waals surface area contributed by atoms with E-state index < -0.39 is 0 Å². The normalized spacial score (nSPS) is 13.3. The molecule has 0 aliphatic carbocycles. The Kier molecular flexibility index (Phi) is 39.2. The van der Waals surface area contributed by atoms with E-state index in [-0.39, 0.29) is 36.9 Å².